The summed E-state index contributed by atoms with van der Waals surface area (Å²) in [6.45, 7) is 55.3. The molecule has 380 valence electrons. The van der Waals surface area contributed by atoms with E-state index >= 15 is 0 Å². The van der Waals surface area contributed by atoms with Crippen LogP contribution in [0.25, 0.3) is 55.6 Å². The summed E-state index contributed by atoms with van der Waals surface area (Å²) in [6, 6.07) is 39.3. The first-order valence-electron chi connectivity index (χ1n) is 26.2. The molecule has 0 heterocycles. The lowest BCUT2D eigenvalue weighted by Gasteiger charge is -2.36. The SMILES string of the molecule is CC(C)(C)c1ccc(-c2c(-c3ccccc3)c(-c3ccc(C(C)(C)C)cc3C(C)(C)C)c(-c3ccc(C(C)(C)C)cc3C(C)(C)C)c(P(O)O)c2-c2ccc(C(C)(C)C)cc2C(C)(C)C)c(C(C)(C)C)c1. The van der Waals surface area contributed by atoms with Gasteiger partial charge in [-0.2, -0.15) is 0 Å². The van der Waals surface area contributed by atoms with Crippen molar-refractivity contribution >= 4 is 13.7 Å². The van der Waals surface area contributed by atoms with Gasteiger partial charge >= 0.3 is 0 Å². The molecule has 0 unspecified atom stereocenters. The molecule has 6 aromatic carbocycles. The molecule has 0 aliphatic rings. The van der Waals surface area contributed by atoms with Gasteiger partial charge in [0.05, 0.1) is 0 Å². The maximum Gasteiger partial charge on any atom is 0.200 e. The van der Waals surface area contributed by atoms with Crippen molar-refractivity contribution in [3.05, 3.63) is 148 Å². The zero-order chi connectivity index (χ0) is 53.6. The Bertz CT molecular complexity index is 2750. The minimum atomic E-state index is -2.76. The summed E-state index contributed by atoms with van der Waals surface area (Å²) in [5, 5.41) is 0.590. The normalized spacial score (nSPS) is 13.6. The van der Waals surface area contributed by atoms with Crippen LogP contribution in [-0.4, -0.2) is 9.79 Å². The Hall–Kier alpha value is -4.33. The molecule has 2 N–H and O–H groups in total. The lowest BCUT2D eigenvalue weighted by molar-refractivity contribution is 0.497. The van der Waals surface area contributed by atoms with Crippen LogP contribution < -0.4 is 5.30 Å². The van der Waals surface area contributed by atoms with Gasteiger partial charge in [0.25, 0.3) is 0 Å². The Balaban J connectivity index is 2.18. The Kier molecular flexibility index (Phi) is 14.9. The van der Waals surface area contributed by atoms with E-state index in [2.05, 4.69) is 269 Å². The predicted octanol–water partition coefficient (Wildman–Crippen LogP) is 19.3. The molecule has 0 aliphatic carbocycles. The van der Waals surface area contributed by atoms with Crippen molar-refractivity contribution in [1.82, 2.24) is 0 Å². The minimum Gasteiger partial charge on any atom is -0.347 e. The van der Waals surface area contributed by atoms with Crippen molar-refractivity contribution in [2.75, 3.05) is 0 Å². The van der Waals surface area contributed by atoms with Crippen molar-refractivity contribution < 1.29 is 9.79 Å². The van der Waals surface area contributed by atoms with Gasteiger partial charge in [-0.15, -0.1) is 0 Å². The van der Waals surface area contributed by atoms with Crippen LogP contribution >= 0.6 is 8.38 Å². The summed E-state index contributed by atoms with van der Waals surface area (Å²) in [5.41, 5.74) is 18.5. The highest BCUT2D eigenvalue weighted by atomic mass is 31.2. The Morgan fingerprint density at radius 2 is 0.507 bits per heavy atom. The third-order valence-electron chi connectivity index (χ3n) is 14.6. The summed E-state index contributed by atoms with van der Waals surface area (Å²) < 4.78 is 0. The summed E-state index contributed by atoms with van der Waals surface area (Å²) in [4.78, 5) is 25.9. The third kappa shape index (κ3) is 11.6. The molecule has 0 saturated heterocycles. The summed E-state index contributed by atoms with van der Waals surface area (Å²) in [7, 11) is -2.76. The van der Waals surface area contributed by atoms with Gasteiger partial charge in [-0.1, -0.05) is 269 Å². The van der Waals surface area contributed by atoms with Crippen LogP contribution in [0.5, 0.6) is 0 Å². The van der Waals surface area contributed by atoms with Gasteiger partial charge in [0, 0.05) is 16.4 Å². The molecule has 0 aliphatic heterocycles. The first kappa shape index (κ1) is 56.0. The zero-order valence-electron chi connectivity index (χ0n) is 48.7. The molecule has 0 saturated carbocycles. The molecule has 0 spiro atoms. The van der Waals surface area contributed by atoms with Crippen LogP contribution in [-0.2, 0) is 43.3 Å². The van der Waals surface area contributed by atoms with E-state index in [9.17, 15) is 9.79 Å². The van der Waals surface area contributed by atoms with Gasteiger partial charge in [0.2, 0.25) is 8.38 Å². The van der Waals surface area contributed by atoms with E-state index in [-0.39, 0.29) is 43.3 Å². The molecule has 0 amide bonds. The fourth-order valence-corrected chi connectivity index (χ4v) is 11.2. The summed E-state index contributed by atoms with van der Waals surface area (Å²) in [6.07, 6.45) is 0. The van der Waals surface area contributed by atoms with Gasteiger partial charge in [-0.3, -0.25) is 0 Å². The lowest BCUT2D eigenvalue weighted by atomic mass is 9.69. The molecule has 0 radical (unpaired) electrons. The van der Waals surface area contributed by atoms with Gasteiger partial charge in [0.15, 0.2) is 0 Å². The van der Waals surface area contributed by atoms with Crippen molar-refractivity contribution in [2.45, 2.75) is 209 Å². The largest absolute Gasteiger partial charge is 0.347 e. The molecule has 3 heteroatoms. The molecule has 0 fully saturated rings. The smallest absolute Gasteiger partial charge is 0.200 e. The quantitative estimate of drug-likeness (QED) is 0.163. The fraction of sp³-hybridized carbons (Fsp3) is 0.471. The number of rotatable bonds is 6. The average Bonchev–Trinajstić information content (AvgIpc) is 3.22. The van der Waals surface area contributed by atoms with Gasteiger partial charge in [0.1, 0.15) is 0 Å². The highest BCUT2D eigenvalue weighted by Gasteiger charge is 2.39. The maximum atomic E-state index is 12.9. The van der Waals surface area contributed by atoms with Crippen molar-refractivity contribution in [3.8, 4) is 55.6 Å². The topological polar surface area (TPSA) is 40.5 Å². The van der Waals surface area contributed by atoms with E-state index < -0.39 is 8.38 Å². The van der Waals surface area contributed by atoms with Crippen molar-refractivity contribution in [1.29, 1.82) is 0 Å². The molecule has 71 heavy (non-hydrogen) atoms. The highest BCUT2D eigenvalue weighted by molar-refractivity contribution is 7.54. The Morgan fingerprint density at radius 3 is 0.718 bits per heavy atom. The van der Waals surface area contributed by atoms with Gasteiger partial charge < -0.3 is 9.79 Å². The number of hydrogen-bond acceptors (Lipinski definition) is 2. The van der Waals surface area contributed by atoms with Crippen molar-refractivity contribution in [2.24, 2.45) is 0 Å². The van der Waals surface area contributed by atoms with Gasteiger partial charge in [-0.05, 0) is 132 Å². The second kappa shape index (κ2) is 18.9. The highest BCUT2D eigenvalue weighted by Crippen LogP contribution is 2.58. The fourth-order valence-electron chi connectivity index (χ4n) is 10.3. The Labute approximate surface area is 434 Å². The van der Waals surface area contributed by atoms with E-state index in [1.165, 1.54) is 44.5 Å². The molecule has 6 aromatic rings. The Morgan fingerprint density at radius 1 is 0.268 bits per heavy atom. The van der Waals surface area contributed by atoms with Crippen molar-refractivity contribution in [3.63, 3.8) is 0 Å². The van der Waals surface area contributed by atoms with E-state index in [1.807, 2.05) is 0 Å². The number of hydrogen-bond donors (Lipinski definition) is 2. The number of benzene rings is 6. The first-order chi connectivity index (χ1) is 32.1. The summed E-state index contributed by atoms with van der Waals surface area (Å²) >= 11 is 0. The van der Waals surface area contributed by atoms with E-state index in [0.29, 0.717) is 5.30 Å². The molecule has 0 bridgehead atoms. The summed E-state index contributed by atoms with van der Waals surface area (Å²) in [5.74, 6) is 0. The molecule has 6 rings (SSSR count). The minimum absolute atomic E-state index is 0.102. The second-order valence-electron chi connectivity index (χ2n) is 28.9. The predicted molar refractivity (Wildman–Crippen MR) is 314 cm³/mol. The lowest BCUT2D eigenvalue weighted by Crippen LogP contribution is -2.24. The standard InChI is InChI=1S/C68H91O2P/c1-61(2,3)43-30-34-47(51(38-43)65(13,14)15)56-55(42-28-26-25-27-29-42)57(48-35-31-44(62(4,5)6)39-52(48)66(16,17)18)59(50-37-33-46(64(10,11)12)41-54(50)68(22,23)24)60(71(69)70)58(56)49-36-32-45(63(7,8)9)40-53(49)67(19,20)21/h25-41,69-70H,1-24H3. The van der Waals surface area contributed by atoms with Gasteiger partial charge in [-0.25, -0.2) is 0 Å². The maximum absolute atomic E-state index is 12.9. The second-order valence-corrected chi connectivity index (χ2v) is 29.9. The molecular formula is C68H91O2P. The third-order valence-corrected chi connectivity index (χ3v) is 15.4. The molecule has 2 nitrogen and oxygen atoms in total. The average molecular weight is 971 g/mol. The van der Waals surface area contributed by atoms with Crippen LogP contribution in [0.2, 0.25) is 0 Å². The monoisotopic (exact) mass is 971 g/mol. The molecule has 0 aromatic heterocycles. The van der Waals surface area contributed by atoms with E-state index in [1.54, 1.807) is 0 Å². The molecular weight excluding hydrogens is 880 g/mol. The van der Waals surface area contributed by atoms with Crippen LogP contribution in [0.15, 0.2) is 103 Å². The van der Waals surface area contributed by atoms with Crippen LogP contribution in [0.1, 0.15) is 211 Å². The van der Waals surface area contributed by atoms with E-state index in [0.717, 1.165) is 55.6 Å². The molecule has 0 atom stereocenters. The van der Waals surface area contributed by atoms with Crippen LogP contribution in [0.3, 0.4) is 0 Å². The van der Waals surface area contributed by atoms with Crippen LogP contribution in [0, 0.1) is 0 Å². The zero-order valence-corrected chi connectivity index (χ0v) is 49.6. The van der Waals surface area contributed by atoms with Crippen LogP contribution in [0.4, 0.5) is 0 Å². The first-order valence-corrected chi connectivity index (χ1v) is 27.5. The van der Waals surface area contributed by atoms with E-state index in [4.69, 9.17) is 0 Å².